The van der Waals surface area contributed by atoms with Gasteiger partial charge in [0.1, 0.15) is 5.44 Å². The molecule has 0 bridgehead atoms. The molecule has 1 saturated heterocycles. The number of thioether (sulfide) groups is 1. The third kappa shape index (κ3) is 5.45. The normalized spacial score (nSPS) is 29.1. The SMILES string of the molecule is CN(C)C(=N)SC1CC(O)CC(CC(F)(F)F)O1. The number of alkyl halides is 3. The molecule has 0 aromatic heterocycles. The number of rotatable bonds is 2. The van der Waals surface area contributed by atoms with E-state index < -0.39 is 30.2 Å². The van der Waals surface area contributed by atoms with Crippen LogP contribution in [0, 0.1) is 5.41 Å². The van der Waals surface area contributed by atoms with Crippen LogP contribution in [0.2, 0.25) is 0 Å². The van der Waals surface area contributed by atoms with E-state index in [2.05, 4.69) is 0 Å². The van der Waals surface area contributed by atoms with Crippen molar-refractivity contribution < 1.29 is 23.0 Å². The van der Waals surface area contributed by atoms with Crippen LogP contribution in [0.4, 0.5) is 13.2 Å². The van der Waals surface area contributed by atoms with Gasteiger partial charge < -0.3 is 14.7 Å². The molecule has 0 radical (unpaired) electrons. The van der Waals surface area contributed by atoms with Gasteiger partial charge in [-0.1, -0.05) is 11.8 Å². The van der Waals surface area contributed by atoms with E-state index in [4.69, 9.17) is 10.1 Å². The zero-order valence-corrected chi connectivity index (χ0v) is 11.0. The molecule has 0 aliphatic carbocycles. The molecule has 1 aliphatic heterocycles. The Balaban J connectivity index is 2.53. The highest BCUT2D eigenvalue weighted by molar-refractivity contribution is 8.14. The molecule has 1 heterocycles. The van der Waals surface area contributed by atoms with E-state index in [1.165, 1.54) is 4.90 Å². The first-order valence-corrected chi connectivity index (χ1v) is 6.38. The average molecular weight is 286 g/mol. The van der Waals surface area contributed by atoms with Crippen LogP contribution in [0.15, 0.2) is 0 Å². The van der Waals surface area contributed by atoms with Gasteiger partial charge in [-0.2, -0.15) is 13.2 Å². The highest BCUT2D eigenvalue weighted by Gasteiger charge is 2.38. The molecule has 0 aromatic rings. The Kier molecular flexibility index (Phi) is 5.30. The largest absolute Gasteiger partial charge is 0.393 e. The fourth-order valence-corrected chi connectivity index (χ4v) is 2.63. The Labute approximate surface area is 108 Å². The Morgan fingerprint density at radius 2 is 2.06 bits per heavy atom. The van der Waals surface area contributed by atoms with Crippen molar-refractivity contribution >= 4 is 16.9 Å². The first-order chi connectivity index (χ1) is 8.17. The third-order valence-corrected chi connectivity index (χ3v) is 3.61. The minimum atomic E-state index is -4.30. The van der Waals surface area contributed by atoms with Crippen molar-refractivity contribution in [2.75, 3.05) is 14.1 Å². The zero-order chi connectivity index (χ0) is 13.9. The van der Waals surface area contributed by atoms with Crippen LogP contribution in [-0.4, -0.2) is 53.1 Å². The molecule has 1 rings (SSSR count). The molecule has 0 saturated carbocycles. The number of nitrogens with zero attached hydrogens (tertiary/aromatic N) is 1. The Hall–Kier alpha value is -0.470. The van der Waals surface area contributed by atoms with Crippen molar-refractivity contribution in [3.63, 3.8) is 0 Å². The van der Waals surface area contributed by atoms with Gasteiger partial charge in [-0.25, -0.2) is 0 Å². The maximum absolute atomic E-state index is 12.3. The molecule has 4 nitrogen and oxygen atoms in total. The van der Waals surface area contributed by atoms with Gasteiger partial charge in [0.25, 0.3) is 0 Å². The molecule has 3 atom stereocenters. The number of nitrogens with one attached hydrogen (secondary N) is 1. The highest BCUT2D eigenvalue weighted by Crippen LogP contribution is 2.33. The number of aliphatic hydroxyl groups is 1. The quantitative estimate of drug-likeness (QED) is 0.602. The summed E-state index contributed by atoms with van der Waals surface area (Å²) < 4.78 is 42.1. The lowest BCUT2D eigenvalue weighted by Crippen LogP contribution is -2.38. The summed E-state index contributed by atoms with van der Waals surface area (Å²) in [5.41, 5.74) is -0.601. The van der Waals surface area contributed by atoms with E-state index in [1.807, 2.05) is 0 Å². The van der Waals surface area contributed by atoms with Crippen LogP contribution in [0.5, 0.6) is 0 Å². The second kappa shape index (κ2) is 6.12. The van der Waals surface area contributed by atoms with Crippen molar-refractivity contribution in [3.05, 3.63) is 0 Å². The van der Waals surface area contributed by atoms with Crippen molar-refractivity contribution in [1.29, 1.82) is 5.41 Å². The third-order valence-electron chi connectivity index (χ3n) is 2.45. The number of hydrogen-bond donors (Lipinski definition) is 2. The zero-order valence-electron chi connectivity index (χ0n) is 10.2. The van der Waals surface area contributed by atoms with E-state index in [0.717, 1.165) is 11.8 Å². The Morgan fingerprint density at radius 1 is 1.44 bits per heavy atom. The summed E-state index contributed by atoms with van der Waals surface area (Å²) >= 11 is 1.02. The summed E-state index contributed by atoms with van der Waals surface area (Å²) in [5, 5.41) is 17.3. The molecule has 18 heavy (non-hydrogen) atoms. The van der Waals surface area contributed by atoms with E-state index in [9.17, 15) is 18.3 Å². The monoisotopic (exact) mass is 286 g/mol. The fourth-order valence-electron chi connectivity index (χ4n) is 1.64. The minimum absolute atomic E-state index is 0.00807. The van der Waals surface area contributed by atoms with E-state index >= 15 is 0 Å². The van der Waals surface area contributed by atoms with Gasteiger partial charge >= 0.3 is 6.18 Å². The summed E-state index contributed by atoms with van der Waals surface area (Å²) in [4.78, 5) is 1.54. The second-order valence-corrected chi connectivity index (χ2v) is 5.60. The predicted molar refractivity (Wildman–Crippen MR) is 63.6 cm³/mol. The Bertz CT molecular complexity index is 299. The summed E-state index contributed by atoms with van der Waals surface area (Å²) in [7, 11) is 3.34. The molecule has 8 heteroatoms. The molecule has 2 N–H and O–H groups in total. The molecule has 3 unspecified atom stereocenters. The van der Waals surface area contributed by atoms with E-state index in [1.54, 1.807) is 14.1 Å². The average Bonchev–Trinajstić information content (AvgIpc) is 2.12. The van der Waals surface area contributed by atoms with E-state index in [0.29, 0.717) is 0 Å². The number of halogens is 3. The van der Waals surface area contributed by atoms with Gasteiger partial charge in [-0.05, 0) is 0 Å². The highest BCUT2D eigenvalue weighted by atomic mass is 32.2. The summed E-state index contributed by atoms with van der Waals surface area (Å²) in [5.74, 6) is 0. The van der Waals surface area contributed by atoms with Crippen molar-refractivity contribution in [2.45, 2.75) is 43.1 Å². The van der Waals surface area contributed by atoms with Crippen molar-refractivity contribution in [3.8, 4) is 0 Å². The lowest BCUT2D eigenvalue weighted by atomic mass is 10.0. The Morgan fingerprint density at radius 3 is 2.56 bits per heavy atom. The second-order valence-electron chi connectivity index (χ2n) is 4.45. The minimum Gasteiger partial charge on any atom is -0.393 e. The molecule has 106 valence electrons. The first kappa shape index (κ1) is 15.6. The van der Waals surface area contributed by atoms with Crippen LogP contribution in [0.3, 0.4) is 0 Å². The molecule has 1 aliphatic rings. The molecule has 1 fully saturated rings. The predicted octanol–water partition coefficient (Wildman–Crippen LogP) is 2.03. The summed E-state index contributed by atoms with van der Waals surface area (Å²) in [6.07, 6.45) is -6.96. The maximum Gasteiger partial charge on any atom is 0.391 e. The van der Waals surface area contributed by atoms with Crippen molar-refractivity contribution in [2.24, 2.45) is 0 Å². The lowest BCUT2D eigenvalue weighted by molar-refractivity contribution is -0.175. The molecular weight excluding hydrogens is 269 g/mol. The topological polar surface area (TPSA) is 56.6 Å². The lowest BCUT2D eigenvalue weighted by Gasteiger charge is -2.33. The molecule has 0 amide bonds. The van der Waals surface area contributed by atoms with Crippen molar-refractivity contribution in [1.82, 2.24) is 4.90 Å². The number of ether oxygens (including phenoxy) is 1. The standard InChI is InChI=1S/C10H17F3N2O2S/c1-15(2)9(14)18-8-4-6(16)3-7(17-8)5-10(11,12)13/h6-8,14,16H,3-5H2,1-2H3. The van der Waals surface area contributed by atoms with Gasteiger partial charge in [0.2, 0.25) is 0 Å². The first-order valence-electron chi connectivity index (χ1n) is 5.50. The molecule has 0 aromatic carbocycles. The maximum atomic E-state index is 12.3. The number of amidine groups is 1. The molecular formula is C10H17F3N2O2S. The smallest absolute Gasteiger partial charge is 0.391 e. The van der Waals surface area contributed by atoms with Gasteiger partial charge in [0.15, 0.2) is 5.17 Å². The van der Waals surface area contributed by atoms with Crippen LogP contribution >= 0.6 is 11.8 Å². The van der Waals surface area contributed by atoms with Crippen LogP contribution < -0.4 is 0 Å². The number of aliphatic hydroxyl groups excluding tert-OH is 1. The van der Waals surface area contributed by atoms with Gasteiger partial charge in [-0.3, -0.25) is 5.41 Å². The van der Waals surface area contributed by atoms with Gasteiger partial charge in [0.05, 0.1) is 18.6 Å². The van der Waals surface area contributed by atoms with Crippen LogP contribution in [0.1, 0.15) is 19.3 Å². The van der Waals surface area contributed by atoms with Gasteiger partial charge in [-0.15, -0.1) is 0 Å². The molecule has 0 spiro atoms. The van der Waals surface area contributed by atoms with Gasteiger partial charge in [0, 0.05) is 26.9 Å². The summed E-state index contributed by atoms with van der Waals surface area (Å²) in [6.45, 7) is 0. The fraction of sp³-hybridized carbons (Fsp3) is 0.900. The number of hydrogen-bond acceptors (Lipinski definition) is 4. The van der Waals surface area contributed by atoms with Crippen LogP contribution in [-0.2, 0) is 4.74 Å². The summed E-state index contributed by atoms with van der Waals surface area (Å²) in [6, 6.07) is 0. The van der Waals surface area contributed by atoms with Crippen LogP contribution in [0.25, 0.3) is 0 Å². The van der Waals surface area contributed by atoms with E-state index in [-0.39, 0.29) is 18.0 Å².